The molecule has 31 heavy (non-hydrogen) atoms. The Kier molecular flexibility index (Phi) is 10.7. The highest BCUT2D eigenvalue weighted by Gasteiger charge is 2.32. The molecule has 1 aromatic carbocycles. The van der Waals surface area contributed by atoms with Crippen LogP contribution in [0.25, 0.3) is 0 Å². The highest BCUT2D eigenvalue weighted by molar-refractivity contribution is 5.77. The van der Waals surface area contributed by atoms with Gasteiger partial charge in [-0.25, -0.2) is 0 Å². The molecule has 0 spiro atoms. The number of nitrogens with two attached hydrogens (primary N) is 1. The lowest BCUT2D eigenvalue weighted by atomic mass is 9.82. The molecule has 0 bridgehead atoms. The van der Waals surface area contributed by atoms with E-state index in [1.165, 1.54) is 12.1 Å². The number of esters is 3. The highest BCUT2D eigenvalue weighted by Crippen LogP contribution is 2.36. The standard InChI is InChI=1S/C22H31NO8/c1-5-8-19(26)29-12-13(4)20(21(23)22(27)28)14-9-10-15(30-17(24)6-2)16(11-14)31-18(25)7-3/h9-11,13,20-21H,5-8,12,23H2,1-4H3,(H,27,28)/t13?,20?,21-/m0/s1. The maximum Gasteiger partial charge on any atom is 0.321 e. The normalized spacial score (nSPS) is 13.6. The Morgan fingerprint density at radius 1 is 0.968 bits per heavy atom. The molecule has 172 valence electrons. The van der Waals surface area contributed by atoms with Gasteiger partial charge in [-0.3, -0.25) is 19.2 Å². The molecule has 0 saturated heterocycles. The van der Waals surface area contributed by atoms with E-state index < -0.39 is 35.8 Å². The molecule has 0 aliphatic heterocycles. The van der Waals surface area contributed by atoms with Gasteiger partial charge in [0.15, 0.2) is 11.5 Å². The first kappa shape index (κ1) is 26.1. The molecule has 0 aromatic heterocycles. The molecule has 0 aliphatic rings. The summed E-state index contributed by atoms with van der Waals surface area (Å²) in [5.74, 6) is -3.86. The van der Waals surface area contributed by atoms with Crippen molar-refractivity contribution in [3.8, 4) is 11.5 Å². The molecule has 1 rings (SSSR count). The zero-order valence-electron chi connectivity index (χ0n) is 18.4. The molecule has 0 heterocycles. The summed E-state index contributed by atoms with van der Waals surface area (Å²) in [6.07, 6.45) is 1.11. The minimum absolute atomic E-state index is 0.0103. The van der Waals surface area contributed by atoms with Crippen LogP contribution < -0.4 is 15.2 Å². The number of carboxylic acids is 1. The first-order chi connectivity index (χ1) is 14.6. The predicted octanol–water partition coefficient (Wildman–Crippen LogP) is 2.79. The molecule has 0 amide bonds. The van der Waals surface area contributed by atoms with Gasteiger partial charge in [0.2, 0.25) is 0 Å². The Hall–Kier alpha value is -2.94. The van der Waals surface area contributed by atoms with Gasteiger partial charge in [-0.2, -0.15) is 0 Å². The molecule has 0 aliphatic carbocycles. The number of carbonyl (C=O) groups is 4. The van der Waals surface area contributed by atoms with Crippen LogP contribution in [0.15, 0.2) is 18.2 Å². The van der Waals surface area contributed by atoms with Crippen molar-refractivity contribution in [3.05, 3.63) is 23.8 Å². The van der Waals surface area contributed by atoms with E-state index in [1.807, 2.05) is 6.92 Å². The summed E-state index contributed by atoms with van der Waals surface area (Å²) in [6.45, 7) is 6.77. The minimum Gasteiger partial charge on any atom is -0.480 e. The van der Waals surface area contributed by atoms with E-state index in [4.69, 9.17) is 19.9 Å². The van der Waals surface area contributed by atoms with Gasteiger partial charge >= 0.3 is 23.9 Å². The molecule has 1 aromatic rings. The summed E-state index contributed by atoms with van der Waals surface area (Å²) >= 11 is 0. The zero-order chi connectivity index (χ0) is 23.6. The second-order valence-electron chi connectivity index (χ2n) is 7.16. The monoisotopic (exact) mass is 437 g/mol. The van der Waals surface area contributed by atoms with E-state index in [9.17, 15) is 24.3 Å². The summed E-state index contributed by atoms with van der Waals surface area (Å²) in [6, 6.07) is 3.11. The van der Waals surface area contributed by atoms with E-state index in [2.05, 4.69) is 0 Å². The van der Waals surface area contributed by atoms with Crippen LogP contribution in [-0.2, 0) is 23.9 Å². The van der Waals surface area contributed by atoms with E-state index >= 15 is 0 Å². The third-order valence-electron chi connectivity index (χ3n) is 4.62. The van der Waals surface area contributed by atoms with Crippen molar-refractivity contribution in [2.75, 3.05) is 6.61 Å². The number of aliphatic carboxylic acids is 1. The lowest BCUT2D eigenvalue weighted by molar-refractivity contribution is -0.145. The molecule has 0 saturated carbocycles. The first-order valence-electron chi connectivity index (χ1n) is 10.3. The molecule has 9 heteroatoms. The van der Waals surface area contributed by atoms with E-state index in [-0.39, 0.29) is 43.3 Å². The van der Waals surface area contributed by atoms with Crippen LogP contribution in [0.1, 0.15) is 64.9 Å². The van der Waals surface area contributed by atoms with Crippen molar-refractivity contribution in [2.24, 2.45) is 11.7 Å². The predicted molar refractivity (Wildman–Crippen MR) is 112 cm³/mol. The van der Waals surface area contributed by atoms with Gasteiger partial charge in [-0.05, 0) is 30.0 Å². The molecular formula is C22H31NO8. The maximum absolute atomic E-state index is 11.8. The summed E-state index contributed by atoms with van der Waals surface area (Å²) in [4.78, 5) is 46.9. The van der Waals surface area contributed by atoms with Crippen molar-refractivity contribution in [3.63, 3.8) is 0 Å². The number of hydrogen-bond donors (Lipinski definition) is 2. The molecule has 3 N–H and O–H groups in total. The number of carboxylic acid groups (broad SMARTS) is 1. The molecular weight excluding hydrogens is 406 g/mol. The Balaban J connectivity index is 3.30. The van der Waals surface area contributed by atoms with Gasteiger partial charge in [0.25, 0.3) is 0 Å². The molecule has 0 fully saturated rings. The average molecular weight is 437 g/mol. The number of carbonyl (C=O) groups excluding carboxylic acids is 3. The summed E-state index contributed by atoms with van der Waals surface area (Å²) in [5.41, 5.74) is 6.39. The van der Waals surface area contributed by atoms with Crippen LogP contribution in [0.3, 0.4) is 0 Å². The Morgan fingerprint density at radius 2 is 1.55 bits per heavy atom. The number of rotatable bonds is 12. The number of hydrogen-bond acceptors (Lipinski definition) is 8. The summed E-state index contributed by atoms with van der Waals surface area (Å²) in [5, 5.41) is 9.50. The molecule has 2 unspecified atom stereocenters. The number of benzene rings is 1. The first-order valence-corrected chi connectivity index (χ1v) is 10.3. The van der Waals surface area contributed by atoms with Crippen molar-refractivity contribution in [1.82, 2.24) is 0 Å². The van der Waals surface area contributed by atoms with Crippen LogP contribution in [0.2, 0.25) is 0 Å². The molecule has 9 nitrogen and oxygen atoms in total. The van der Waals surface area contributed by atoms with Crippen LogP contribution in [0.4, 0.5) is 0 Å². The lowest BCUT2D eigenvalue weighted by Gasteiger charge is -2.28. The zero-order valence-corrected chi connectivity index (χ0v) is 18.4. The van der Waals surface area contributed by atoms with Crippen molar-refractivity contribution < 1.29 is 38.5 Å². The van der Waals surface area contributed by atoms with Gasteiger partial charge < -0.3 is 25.1 Å². The minimum atomic E-state index is -1.31. The van der Waals surface area contributed by atoms with Crippen LogP contribution in [0, 0.1) is 5.92 Å². The fourth-order valence-corrected chi connectivity index (χ4v) is 2.93. The summed E-state index contributed by atoms with van der Waals surface area (Å²) in [7, 11) is 0. The quantitative estimate of drug-likeness (QED) is 0.373. The van der Waals surface area contributed by atoms with Gasteiger partial charge in [-0.15, -0.1) is 0 Å². The Bertz CT molecular complexity index is 792. The lowest BCUT2D eigenvalue weighted by Crippen LogP contribution is -2.40. The van der Waals surface area contributed by atoms with E-state index in [0.29, 0.717) is 12.0 Å². The van der Waals surface area contributed by atoms with E-state index in [0.717, 1.165) is 0 Å². The molecule has 0 radical (unpaired) electrons. The fraction of sp³-hybridized carbons (Fsp3) is 0.545. The topological polar surface area (TPSA) is 142 Å². The van der Waals surface area contributed by atoms with E-state index in [1.54, 1.807) is 26.8 Å². The van der Waals surface area contributed by atoms with Crippen molar-refractivity contribution in [2.45, 2.75) is 65.3 Å². The van der Waals surface area contributed by atoms with Gasteiger partial charge in [0, 0.05) is 25.2 Å². The van der Waals surface area contributed by atoms with Crippen LogP contribution in [-0.4, -0.2) is 41.6 Å². The second-order valence-corrected chi connectivity index (χ2v) is 7.16. The Labute approximate surface area is 181 Å². The Morgan fingerprint density at radius 3 is 2.06 bits per heavy atom. The van der Waals surface area contributed by atoms with Crippen molar-refractivity contribution in [1.29, 1.82) is 0 Å². The van der Waals surface area contributed by atoms with Crippen LogP contribution in [0.5, 0.6) is 11.5 Å². The summed E-state index contributed by atoms with van der Waals surface area (Å²) < 4.78 is 15.7. The average Bonchev–Trinajstić information content (AvgIpc) is 2.73. The van der Waals surface area contributed by atoms with Gasteiger partial charge in [0.05, 0.1) is 6.61 Å². The SMILES string of the molecule is CCCC(=O)OCC(C)C(c1ccc(OC(=O)CC)c(OC(=O)CC)c1)[C@H](N)C(=O)O. The van der Waals surface area contributed by atoms with Gasteiger partial charge in [-0.1, -0.05) is 33.8 Å². The van der Waals surface area contributed by atoms with Gasteiger partial charge in [0.1, 0.15) is 6.04 Å². The van der Waals surface area contributed by atoms with Crippen molar-refractivity contribution >= 4 is 23.9 Å². The maximum atomic E-state index is 11.8. The second kappa shape index (κ2) is 12.7. The highest BCUT2D eigenvalue weighted by atomic mass is 16.6. The fourth-order valence-electron chi connectivity index (χ4n) is 2.93. The third kappa shape index (κ3) is 8.01. The largest absolute Gasteiger partial charge is 0.480 e. The third-order valence-corrected chi connectivity index (χ3v) is 4.62. The number of ether oxygens (including phenoxy) is 3. The molecule has 3 atom stereocenters. The smallest absolute Gasteiger partial charge is 0.321 e. The van der Waals surface area contributed by atoms with Crippen LogP contribution >= 0.6 is 0 Å².